The van der Waals surface area contributed by atoms with Gasteiger partial charge in [0.1, 0.15) is 11.5 Å². The number of aromatic nitrogens is 1. The maximum atomic E-state index is 9.59. The number of benzene rings is 1. The van der Waals surface area contributed by atoms with Crippen molar-refractivity contribution < 1.29 is 14.6 Å². The molecule has 0 saturated heterocycles. The Morgan fingerprint density at radius 2 is 1.83 bits per heavy atom. The van der Waals surface area contributed by atoms with Crippen LogP contribution in [0.2, 0.25) is 0 Å². The van der Waals surface area contributed by atoms with Gasteiger partial charge in [-0.05, 0) is 26.0 Å². The lowest BCUT2D eigenvalue weighted by Crippen LogP contribution is -1.96. The molecule has 0 saturated carbocycles. The van der Waals surface area contributed by atoms with E-state index in [1.807, 2.05) is 13.0 Å². The monoisotopic (exact) mass is 245 g/mol. The molecule has 0 amide bonds. The first-order valence-electron chi connectivity index (χ1n) is 5.77. The summed E-state index contributed by atoms with van der Waals surface area (Å²) >= 11 is 0. The second-order valence-electron chi connectivity index (χ2n) is 3.75. The molecule has 2 rings (SSSR count). The summed E-state index contributed by atoms with van der Waals surface area (Å²) in [4.78, 5) is 4.20. The van der Waals surface area contributed by atoms with E-state index in [9.17, 15) is 5.11 Å². The van der Waals surface area contributed by atoms with Gasteiger partial charge in [0.15, 0.2) is 0 Å². The van der Waals surface area contributed by atoms with Crippen LogP contribution in [0, 0.1) is 6.92 Å². The third-order valence-electron chi connectivity index (χ3n) is 2.46. The summed E-state index contributed by atoms with van der Waals surface area (Å²) in [5.41, 5.74) is 0.682. The third-order valence-corrected chi connectivity index (χ3v) is 2.46. The maximum absolute atomic E-state index is 9.59. The molecule has 0 atom stereocenters. The summed E-state index contributed by atoms with van der Waals surface area (Å²) in [5, 5.41) is 9.59. The molecule has 4 nitrogen and oxygen atoms in total. The van der Waals surface area contributed by atoms with Gasteiger partial charge in [-0.25, -0.2) is 0 Å². The quantitative estimate of drug-likeness (QED) is 0.898. The SMILES string of the molecule is CCOc1cccc(Oc2cccc(O)c2C)n1. The smallest absolute Gasteiger partial charge is 0.222 e. The van der Waals surface area contributed by atoms with Crippen LogP contribution < -0.4 is 9.47 Å². The van der Waals surface area contributed by atoms with E-state index < -0.39 is 0 Å². The number of phenols is 1. The van der Waals surface area contributed by atoms with Crippen molar-refractivity contribution in [1.29, 1.82) is 0 Å². The standard InChI is InChI=1S/C14H15NO3/c1-3-17-13-8-5-9-14(15-13)18-12-7-4-6-11(16)10(12)2/h4-9,16H,3H2,1-2H3. The highest BCUT2D eigenvalue weighted by molar-refractivity contribution is 5.44. The zero-order valence-corrected chi connectivity index (χ0v) is 10.4. The average Bonchev–Trinajstić information content (AvgIpc) is 2.36. The first-order valence-corrected chi connectivity index (χ1v) is 5.77. The molecule has 0 aliphatic heterocycles. The summed E-state index contributed by atoms with van der Waals surface area (Å²) < 4.78 is 10.9. The van der Waals surface area contributed by atoms with E-state index in [0.717, 1.165) is 0 Å². The van der Waals surface area contributed by atoms with Crippen molar-refractivity contribution in [3.8, 4) is 23.3 Å². The zero-order valence-electron chi connectivity index (χ0n) is 10.4. The summed E-state index contributed by atoms with van der Waals surface area (Å²) in [6.45, 7) is 4.24. The van der Waals surface area contributed by atoms with Gasteiger partial charge in [0.25, 0.3) is 0 Å². The number of aromatic hydroxyl groups is 1. The molecule has 0 spiro atoms. The fourth-order valence-electron chi connectivity index (χ4n) is 1.51. The zero-order chi connectivity index (χ0) is 13.0. The van der Waals surface area contributed by atoms with Crippen LogP contribution in [0.15, 0.2) is 36.4 Å². The molecule has 0 fully saturated rings. The van der Waals surface area contributed by atoms with Crippen LogP contribution in [0.5, 0.6) is 23.3 Å². The van der Waals surface area contributed by atoms with E-state index in [2.05, 4.69) is 4.98 Å². The van der Waals surface area contributed by atoms with Crippen LogP contribution in [0.1, 0.15) is 12.5 Å². The lowest BCUT2D eigenvalue weighted by atomic mass is 10.2. The molecule has 0 bridgehead atoms. The third kappa shape index (κ3) is 2.71. The van der Waals surface area contributed by atoms with E-state index in [0.29, 0.717) is 29.7 Å². The van der Waals surface area contributed by atoms with Crippen LogP contribution in [0.4, 0.5) is 0 Å². The van der Waals surface area contributed by atoms with Crippen molar-refractivity contribution >= 4 is 0 Å². The van der Waals surface area contributed by atoms with Crippen molar-refractivity contribution in [2.75, 3.05) is 6.61 Å². The van der Waals surface area contributed by atoms with Gasteiger partial charge in [-0.2, -0.15) is 4.98 Å². The predicted molar refractivity (Wildman–Crippen MR) is 68.3 cm³/mol. The molecular weight excluding hydrogens is 230 g/mol. The highest BCUT2D eigenvalue weighted by atomic mass is 16.5. The minimum Gasteiger partial charge on any atom is -0.508 e. The van der Waals surface area contributed by atoms with E-state index >= 15 is 0 Å². The Hall–Kier alpha value is -2.23. The van der Waals surface area contributed by atoms with Crippen molar-refractivity contribution in [2.24, 2.45) is 0 Å². The fourth-order valence-corrected chi connectivity index (χ4v) is 1.51. The molecule has 0 radical (unpaired) electrons. The molecule has 94 valence electrons. The van der Waals surface area contributed by atoms with Crippen LogP contribution in [0.3, 0.4) is 0 Å². The number of hydrogen-bond acceptors (Lipinski definition) is 4. The minimum absolute atomic E-state index is 0.202. The van der Waals surface area contributed by atoms with Gasteiger partial charge in [0.05, 0.1) is 6.61 Å². The number of nitrogens with zero attached hydrogens (tertiary/aromatic N) is 1. The second kappa shape index (κ2) is 5.40. The largest absolute Gasteiger partial charge is 0.508 e. The molecule has 1 N–H and O–H groups in total. The van der Waals surface area contributed by atoms with Gasteiger partial charge in [-0.1, -0.05) is 12.1 Å². The molecule has 4 heteroatoms. The molecule has 0 unspecified atom stereocenters. The molecule has 2 aromatic rings. The molecule has 1 aromatic carbocycles. The number of rotatable bonds is 4. The molecule has 1 aromatic heterocycles. The average molecular weight is 245 g/mol. The fraction of sp³-hybridized carbons (Fsp3) is 0.214. The summed E-state index contributed by atoms with van der Waals surface area (Å²) in [6, 6.07) is 10.4. The summed E-state index contributed by atoms with van der Waals surface area (Å²) in [6.07, 6.45) is 0. The van der Waals surface area contributed by atoms with Gasteiger partial charge in [0, 0.05) is 17.7 Å². The minimum atomic E-state index is 0.202. The Kier molecular flexibility index (Phi) is 3.67. The van der Waals surface area contributed by atoms with E-state index in [1.165, 1.54) is 0 Å². The Balaban J connectivity index is 2.23. The lowest BCUT2D eigenvalue weighted by molar-refractivity contribution is 0.320. The van der Waals surface area contributed by atoms with E-state index in [-0.39, 0.29) is 5.75 Å². The molecule has 18 heavy (non-hydrogen) atoms. The highest BCUT2D eigenvalue weighted by Crippen LogP contribution is 2.29. The molecule has 0 aliphatic rings. The Morgan fingerprint density at radius 3 is 2.61 bits per heavy atom. The van der Waals surface area contributed by atoms with Crippen molar-refractivity contribution in [3.05, 3.63) is 42.0 Å². The van der Waals surface area contributed by atoms with Crippen molar-refractivity contribution in [1.82, 2.24) is 4.98 Å². The van der Waals surface area contributed by atoms with Crippen LogP contribution in [0.25, 0.3) is 0 Å². The normalized spacial score (nSPS) is 10.1. The molecule has 0 aliphatic carbocycles. The Morgan fingerprint density at radius 1 is 1.11 bits per heavy atom. The van der Waals surface area contributed by atoms with E-state index in [1.54, 1.807) is 37.3 Å². The van der Waals surface area contributed by atoms with Gasteiger partial charge in [-0.15, -0.1) is 0 Å². The van der Waals surface area contributed by atoms with Gasteiger partial charge < -0.3 is 14.6 Å². The van der Waals surface area contributed by atoms with Gasteiger partial charge in [0.2, 0.25) is 11.8 Å². The number of hydrogen-bond donors (Lipinski definition) is 1. The first-order chi connectivity index (χ1) is 8.70. The highest BCUT2D eigenvalue weighted by Gasteiger charge is 2.06. The van der Waals surface area contributed by atoms with Crippen LogP contribution in [-0.2, 0) is 0 Å². The molecule has 1 heterocycles. The second-order valence-corrected chi connectivity index (χ2v) is 3.75. The first kappa shape index (κ1) is 12.2. The Labute approximate surface area is 106 Å². The topological polar surface area (TPSA) is 51.6 Å². The van der Waals surface area contributed by atoms with Crippen LogP contribution >= 0.6 is 0 Å². The maximum Gasteiger partial charge on any atom is 0.222 e. The van der Waals surface area contributed by atoms with Crippen LogP contribution in [-0.4, -0.2) is 16.7 Å². The van der Waals surface area contributed by atoms with E-state index in [4.69, 9.17) is 9.47 Å². The number of pyridine rings is 1. The summed E-state index contributed by atoms with van der Waals surface area (Å²) in [5.74, 6) is 1.74. The molecular formula is C14H15NO3. The van der Waals surface area contributed by atoms with Gasteiger partial charge >= 0.3 is 0 Å². The summed E-state index contributed by atoms with van der Waals surface area (Å²) in [7, 11) is 0. The predicted octanol–water partition coefficient (Wildman–Crippen LogP) is 3.29. The number of phenolic OH excluding ortho intramolecular Hbond substituents is 1. The van der Waals surface area contributed by atoms with Crippen molar-refractivity contribution in [3.63, 3.8) is 0 Å². The van der Waals surface area contributed by atoms with Gasteiger partial charge in [-0.3, -0.25) is 0 Å². The van der Waals surface area contributed by atoms with Crippen molar-refractivity contribution in [2.45, 2.75) is 13.8 Å². The lowest BCUT2D eigenvalue weighted by Gasteiger charge is -2.09. The number of ether oxygens (including phenoxy) is 2. The Bertz CT molecular complexity index is 540.